The van der Waals surface area contributed by atoms with Gasteiger partial charge in [-0.15, -0.1) is 0 Å². The first-order valence-corrected chi connectivity index (χ1v) is 13.0. The second kappa shape index (κ2) is 9.29. The smallest absolute Gasteiger partial charge is 0.341 e. The third-order valence-corrected chi connectivity index (χ3v) is 7.40. The normalized spacial score (nSPS) is 16.5. The van der Waals surface area contributed by atoms with Gasteiger partial charge in [0, 0.05) is 40.1 Å². The number of aryl methyl sites for hydroxylation is 1. The summed E-state index contributed by atoms with van der Waals surface area (Å²) in [5, 5.41) is 1.09. The fraction of sp³-hybridized carbons (Fsp3) is 0.182. The topological polar surface area (TPSA) is 34.5 Å². The van der Waals surface area contributed by atoms with E-state index in [0.717, 1.165) is 58.5 Å². The lowest BCUT2D eigenvalue weighted by Gasteiger charge is -2.42. The Bertz CT molecular complexity index is 1530. The highest BCUT2D eigenvalue weighted by molar-refractivity contribution is 5.99. The molecule has 4 heteroatoms. The van der Waals surface area contributed by atoms with Crippen molar-refractivity contribution in [3.63, 3.8) is 0 Å². The Morgan fingerprint density at radius 1 is 0.784 bits per heavy atom. The molecule has 4 nitrogen and oxygen atoms in total. The number of cyclic esters (lactones) is 1. The van der Waals surface area contributed by atoms with E-state index in [2.05, 4.69) is 71.8 Å². The molecule has 0 spiro atoms. The number of hydrogen-bond acceptors (Lipinski definition) is 3. The lowest BCUT2D eigenvalue weighted by Crippen LogP contribution is -2.45. The molecule has 2 heterocycles. The minimum atomic E-state index is -1.18. The maximum absolute atomic E-state index is 13.6. The number of ether oxygens (including phenoxy) is 1. The van der Waals surface area contributed by atoms with Crippen LogP contribution in [0.25, 0.3) is 10.9 Å². The van der Waals surface area contributed by atoms with Crippen LogP contribution in [0.3, 0.4) is 0 Å². The van der Waals surface area contributed by atoms with Crippen LogP contribution in [0.1, 0.15) is 46.9 Å². The van der Waals surface area contributed by atoms with Gasteiger partial charge in [0.25, 0.3) is 0 Å². The number of nitrogens with zero attached hydrogens (tertiary/aromatic N) is 2. The number of benzene rings is 4. The van der Waals surface area contributed by atoms with Gasteiger partial charge in [0.15, 0.2) is 0 Å². The highest BCUT2D eigenvalue weighted by Gasteiger charge is 2.54. The quantitative estimate of drug-likeness (QED) is 0.219. The fourth-order valence-electron chi connectivity index (χ4n) is 5.79. The van der Waals surface area contributed by atoms with Crippen LogP contribution in [-0.2, 0) is 17.0 Å². The van der Waals surface area contributed by atoms with E-state index in [9.17, 15) is 4.79 Å². The average Bonchev–Trinajstić information content (AvgIpc) is 3.39. The summed E-state index contributed by atoms with van der Waals surface area (Å²) in [4.78, 5) is 15.8. The van der Waals surface area contributed by atoms with E-state index >= 15 is 0 Å². The SMILES string of the molecule is CCCCn1c(C)c(C2(N(c3ccccc3)c3ccccc3)OC(=O)c3ccccc32)c2ccccc21. The number of fused-ring (bicyclic) bond motifs is 2. The summed E-state index contributed by atoms with van der Waals surface area (Å²) in [5.41, 5.74) is 5.44. The van der Waals surface area contributed by atoms with E-state index in [0.29, 0.717) is 5.56 Å². The molecule has 1 unspecified atom stereocenters. The third-order valence-electron chi connectivity index (χ3n) is 7.40. The Labute approximate surface area is 217 Å². The maximum Gasteiger partial charge on any atom is 0.341 e. The van der Waals surface area contributed by atoms with Crippen LogP contribution in [0.2, 0.25) is 0 Å². The van der Waals surface area contributed by atoms with Crippen molar-refractivity contribution in [3.8, 4) is 0 Å². The van der Waals surface area contributed by atoms with Crippen molar-refractivity contribution in [2.75, 3.05) is 4.90 Å². The monoisotopic (exact) mass is 486 g/mol. The van der Waals surface area contributed by atoms with Gasteiger partial charge >= 0.3 is 5.97 Å². The predicted molar refractivity (Wildman–Crippen MR) is 149 cm³/mol. The first-order valence-electron chi connectivity index (χ1n) is 13.0. The number of carbonyl (C=O) groups is 1. The Hall–Kier alpha value is -4.31. The molecule has 37 heavy (non-hydrogen) atoms. The standard InChI is InChI=1S/C33H30N2O2/c1-3-4-23-34-24(2)31(28-20-12-14-22-30(28)34)33(29-21-13-11-19-27(29)32(36)37-33)35(25-15-7-5-8-16-25)26-17-9-6-10-18-26/h5-22H,3-4,23H2,1-2H3. The molecule has 4 aromatic carbocycles. The van der Waals surface area contributed by atoms with Gasteiger partial charge in [0.1, 0.15) is 0 Å². The Balaban J connectivity index is 1.76. The number of para-hydroxylation sites is 3. The van der Waals surface area contributed by atoms with E-state index in [1.807, 2.05) is 60.7 Å². The van der Waals surface area contributed by atoms with E-state index in [1.165, 1.54) is 0 Å². The molecule has 1 aliphatic heterocycles. The summed E-state index contributed by atoms with van der Waals surface area (Å²) < 4.78 is 9.04. The van der Waals surface area contributed by atoms with Gasteiger partial charge < -0.3 is 9.30 Å². The molecule has 0 aliphatic carbocycles. The van der Waals surface area contributed by atoms with E-state index in [-0.39, 0.29) is 5.97 Å². The second-order valence-corrected chi connectivity index (χ2v) is 9.57. The first-order chi connectivity index (χ1) is 18.2. The lowest BCUT2D eigenvalue weighted by molar-refractivity contribution is 0.0136. The Morgan fingerprint density at radius 2 is 1.38 bits per heavy atom. The van der Waals surface area contributed by atoms with Gasteiger partial charge in [0.2, 0.25) is 5.72 Å². The van der Waals surface area contributed by atoms with Gasteiger partial charge in [0.05, 0.1) is 11.1 Å². The number of rotatable bonds is 7. The summed E-state index contributed by atoms with van der Waals surface area (Å²) in [6, 6.07) is 36.7. The molecule has 5 aromatic rings. The van der Waals surface area contributed by atoms with Gasteiger partial charge in [-0.2, -0.15) is 0 Å². The Kier molecular flexibility index (Phi) is 5.80. The van der Waals surface area contributed by atoms with Gasteiger partial charge in [-0.3, -0.25) is 4.90 Å². The molecule has 184 valence electrons. The lowest BCUT2D eigenvalue weighted by atomic mass is 9.88. The van der Waals surface area contributed by atoms with E-state index in [4.69, 9.17) is 4.74 Å². The second-order valence-electron chi connectivity index (χ2n) is 9.57. The molecule has 0 amide bonds. The van der Waals surface area contributed by atoms with Gasteiger partial charge in [-0.25, -0.2) is 4.79 Å². The molecule has 1 aromatic heterocycles. The fourth-order valence-corrected chi connectivity index (χ4v) is 5.79. The zero-order chi connectivity index (χ0) is 25.4. The van der Waals surface area contributed by atoms with Crippen molar-refractivity contribution in [1.29, 1.82) is 0 Å². The molecule has 1 aliphatic rings. The average molecular weight is 487 g/mol. The summed E-state index contributed by atoms with van der Waals surface area (Å²) in [6.07, 6.45) is 2.17. The van der Waals surface area contributed by atoms with E-state index in [1.54, 1.807) is 0 Å². The molecular formula is C33H30N2O2. The third kappa shape index (κ3) is 3.55. The molecule has 0 N–H and O–H groups in total. The van der Waals surface area contributed by atoms with Crippen LogP contribution in [0.5, 0.6) is 0 Å². The van der Waals surface area contributed by atoms with Gasteiger partial charge in [-0.1, -0.05) is 86.1 Å². The largest absolute Gasteiger partial charge is 0.426 e. The highest BCUT2D eigenvalue weighted by atomic mass is 16.6. The van der Waals surface area contributed by atoms with Crippen molar-refractivity contribution in [2.24, 2.45) is 0 Å². The summed E-state index contributed by atoms with van der Waals surface area (Å²) in [5.74, 6) is -0.308. The van der Waals surface area contributed by atoms with Crippen molar-refractivity contribution in [3.05, 3.63) is 132 Å². The minimum absolute atomic E-state index is 0.308. The van der Waals surface area contributed by atoms with Crippen molar-refractivity contribution < 1.29 is 9.53 Å². The summed E-state index contributed by atoms with van der Waals surface area (Å²) in [6.45, 7) is 5.28. The summed E-state index contributed by atoms with van der Waals surface area (Å²) in [7, 11) is 0. The van der Waals surface area contributed by atoms with Crippen LogP contribution in [-0.4, -0.2) is 10.5 Å². The molecule has 0 saturated carbocycles. The maximum atomic E-state index is 13.6. The summed E-state index contributed by atoms with van der Waals surface area (Å²) >= 11 is 0. The van der Waals surface area contributed by atoms with Crippen LogP contribution in [0.4, 0.5) is 11.4 Å². The van der Waals surface area contributed by atoms with Crippen molar-refractivity contribution in [2.45, 2.75) is 39.0 Å². The highest BCUT2D eigenvalue weighted by Crippen LogP contribution is 2.53. The molecule has 1 atom stereocenters. The minimum Gasteiger partial charge on any atom is -0.426 e. The van der Waals surface area contributed by atoms with Crippen LogP contribution in [0.15, 0.2) is 109 Å². The number of aromatic nitrogens is 1. The predicted octanol–water partition coefficient (Wildman–Crippen LogP) is 7.96. The van der Waals surface area contributed by atoms with Gasteiger partial charge in [-0.05, 0) is 49.7 Å². The van der Waals surface area contributed by atoms with Crippen molar-refractivity contribution in [1.82, 2.24) is 4.57 Å². The first kappa shape index (κ1) is 23.1. The van der Waals surface area contributed by atoms with Crippen LogP contribution in [0, 0.1) is 6.92 Å². The zero-order valence-electron chi connectivity index (χ0n) is 21.2. The number of esters is 1. The molecule has 6 rings (SSSR count). The Morgan fingerprint density at radius 3 is 2.05 bits per heavy atom. The zero-order valence-corrected chi connectivity index (χ0v) is 21.2. The number of unbranched alkanes of at least 4 members (excludes halogenated alkanes) is 1. The number of carbonyl (C=O) groups excluding carboxylic acids is 1. The van der Waals surface area contributed by atoms with Crippen LogP contribution < -0.4 is 4.90 Å². The van der Waals surface area contributed by atoms with Crippen molar-refractivity contribution >= 4 is 28.2 Å². The molecular weight excluding hydrogens is 456 g/mol. The van der Waals surface area contributed by atoms with E-state index < -0.39 is 5.72 Å². The molecule has 0 saturated heterocycles. The molecule has 0 fully saturated rings. The number of hydrogen-bond donors (Lipinski definition) is 0. The van der Waals surface area contributed by atoms with Crippen LogP contribution >= 0.6 is 0 Å². The molecule has 0 bridgehead atoms. The number of anilines is 2. The molecule has 0 radical (unpaired) electrons.